The van der Waals surface area contributed by atoms with Gasteiger partial charge in [-0.3, -0.25) is 4.79 Å². The van der Waals surface area contributed by atoms with Crippen LogP contribution >= 0.6 is 11.3 Å². The van der Waals surface area contributed by atoms with Crippen molar-refractivity contribution in [2.24, 2.45) is 0 Å². The molecule has 1 aromatic rings. The molecule has 1 aliphatic heterocycles. The number of rotatable bonds is 4. The normalized spacial score (nSPS) is 23.9. The summed E-state index contributed by atoms with van der Waals surface area (Å²) in [5.41, 5.74) is 0. The first-order valence-corrected chi connectivity index (χ1v) is 7.25. The molecule has 0 N–H and O–H groups in total. The van der Waals surface area contributed by atoms with E-state index in [9.17, 15) is 4.79 Å². The average Bonchev–Trinajstić information content (AvgIpc) is 3.13. The van der Waals surface area contributed by atoms with Gasteiger partial charge in [0.05, 0.1) is 26.4 Å². The van der Waals surface area contributed by atoms with Gasteiger partial charge in [-0.15, -0.1) is 11.3 Å². The Labute approximate surface area is 110 Å². The van der Waals surface area contributed by atoms with Crippen LogP contribution < -0.4 is 0 Å². The molecule has 5 heteroatoms. The van der Waals surface area contributed by atoms with Crippen LogP contribution in [0.2, 0.25) is 0 Å². The topological polar surface area (TPSA) is 38.8 Å². The zero-order valence-electron chi connectivity index (χ0n) is 10.2. The fraction of sp³-hybridized carbons (Fsp3) is 0.615. The van der Waals surface area contributed by atoms with Crippen LogP contribution in [0, 0.1) is 0 Å². The molecular formula is C13H17NO3S. The van der Waals surface area contributed by atoms with E-state index in [2.05, 4.69) is 6.07 Å². The number of hydrogen-bond acceptors (Lipinski definition) is 4. The second kappa shape index (κ2) is 5.38. The van der Waals surface area contributed by atoms with Gasteiger partial charge in [0.15, 0.2) is 6.10 Å². The lowest BCUT2D eigenvalue weighted by atomic mass is 10.2. The summed E-state index contributed by atoms with van der Waals surface area (Å²) >= 11 is 1.69. The number of carbonyl (C=O) groups excluding carboxylic acids is 1. The molecule has 98 valence electrons. The highest BCUT2D eigenvalue weighted by atomic mass is 32.1. The summed E-state index contributed by atoms with van der Waals surface area (Å²) < 4.78 is 10.8. The minimum Gasteiger partial charge on any atom is -0.376 e. The van der Waals surface area contributed by atoms with E-state index < -0.39 is 6.10 Å². The highest BCUT2D eigenvalue weighted by Gasteiger charge is 2.37. The lowest BCUT2D eigenvalue weighted by molar-refractivity contribution is -0.159. The molecule has 1 aromatic heterocycles. The van der Waals surface area contributed by atoms with Crippen molar-refractivity contribution < 1.29 is 14.3 Å². The Morgan fingerprint density at radius 2 is 2.33 bits per heavy atom. The maximum absolute atomic E-state index is 12.4. The van der Waals surface area contributed by atoms with Crippen molar-refractivity contribution in [2.75, 3.05) is 19.8 Å². The molecule has 1 saturated heterocycles. The van der Waals surface area contributed by atoms with E-state index >= 15 is 0 Å². The van der Waals surface area contributed by atoms with E-state index in [4.69, 9.17) is 9.47 Å². The van der Waals surface area contributed by atoms with Gasteiger partial charge in [-0.25, -0.2) is 0 Å². The van der Waals surface area contributed by atoms with Crippen LogP contribution in [0.15, 0.2) is 17.5 Å². The Morgan fingerprint density at radius 3 is 2.94 bits per heavy atom. The zero-order valence-corrected chi connectivity index (χ0v) is 11.0. The molecule has 2 heterocycles. The smallest absolute Gasteiger partial charge is 0.254 e. The Kier molecular flexibility index (Phi) is 3.63. The Hall–Kier alpha value is -0.910. The molecule has 1 amide bonds. The number of ether oxygens (including phenoxy) is 2. The van der Waals surface area contributed by atoms with Crippen LogP contribution in [0.25, 0.3) is 0 Å². The lowest BCUT2D eigenvalue weighted by Crippen LogP contribution is -2.45. The van der Waals surface area contributed by atoms with Crippen molar-refractivity contribution in [1.29, 1.82) is 0 Å². The predicted molar refractivity (Wildman–Crippen MR) is 68.5 cm³/mol. The number of nitrogens with zero attached hydrogens (tertiary/aromatic N) is 1. The summed E-state index contributed by atoms with van der Waals surface area (Å²) in [7, 11) is 0. The van der Waals surface area contributed by atoms with Gasteiger partial charge >= 0.3 is 0 Å². The highest BCUT2D eigenvalue weighted by Crippen LogP contribution is 2.30. The maximum atomic E-state index is 12.4. The first-order valence-electron chi connectivity index (χ1n) is 6.37. The molecule has 0 aromatic carbocycles. The molecule has 0 unspecified atom stereocenters. The molecule has 2 fully saturated rings. The molecule has 1 saturated carbocycles. The van der Waals surface area contributed by atoms with E-state index in [-0.39, 0.29) is 5.91 Å². The third-order valence-corrected chi connectivity index (χ3v) is 4.13. The second-order valence-electron chi connectivity index (χ2n) is 4.71. The van der Waals surface area contributed by atoms with Crippen molar-refractivity contribution in [2.45, 2.75) is 31.5 Å². The highest BCUT2D eigenvalue weighted by molar-refractivity contribution is 7.09. The average molecular weight is 267 g/mol. The fourth-order valence-electron chi connectivity index (χ4n) is 2.16. The van der Waals surface area contributed by atoms with E-state index in [0.29, 0.717) is 32.4 Å². The molecular weight excluding hydrogens is 250 g/mol. The molecule has 3 rings (SSSR count). The fourth-order valence-corrected chi connectivity index (χ4v) is 2.86. The molecule has 4 nitrogen and oxygen atoms in total. The van der Waals surface area contributed by atoms with Crippen molar-refractivity contribution in [3.05, 3.63) is 22.4 Å². The summed E-state index contributed by atoms with van der Waals surface area (Å²) in [6.45, 7) is 2.22. The number of amides is 1. The van der Waals surface area contributed by atoms with E-state index in [1.54, 1.807) is 11.3 Å². The van der Waals surface area contributed by atoms with Gasteiger partial charge in [-0.05, 0) is 24.3 Å². The van der Waals surface area contributed by atoms with Gasteiger partial charge in [-0.2, -0.15) is 0 Å². The molecule has 1 aliphatic carbocycles. The van der Waals surface area contributed by atoms with Crippen LogP contribution in [-0.4, -0.2) is 42.8 Å². The number of thiophene rings is 1. The SMILES string of the molecule is O=C([C@@H]1COCCO1)N(Cc1cccs1)C1CC1. The minimum atomic E-state index is -0.403. The third-order valence-electron chi connectivity index (χ3n) is 3.27. The second-order valence-corrected chi connectivity index (χ2v) is 5.74. The van der Waals surface area contributed by atoms with Crippen molar-refractivity contribution in [3.63, 3.8) is 0 Å². The standard InChI is InChI=1S/C13H17NO3S/c15-13(12-9-16-5-6-17-12)14(10-3-4-10)8-11-2-1-7-18-11/h1-2,7,10,12H,3-6,8-9H2/t12-/m0/s1. The lowest BCUT2D eigenvalue weighted by Gasteiger charge is -2.29. The van der Waals surface area contributed by atoms with Crippen LogP contribution in [-0.2, 0) is 20.8 Å². The molecule has 0 bridgehead atoms. The van der Waals surface area contributed by atoms with Gasteiger partial charge in [0.25, 0.3) is 5.91 Å². The summed E-state index contributed by atoms with van der Waals surface area (Å²) in [6.07, 6.45) is 1.83. The van der Waals surface area contributed by atoms with Crippen molar-refractivity contribution in [1.82, 2.24) is 4.90 Å². The zero-order chi connectivity index (χ0) is 12.4. The van der Waals surface area contributed by atoms with E-state index in [1.807, 2.05) is 16.3 Å². The van der Waals surface area contributed by atoms with Crippen LogP contribution in [0.3, 0.4) is 0 Å². The van der Waals surface area contributed by atoms with Crippen molar-refractivity contribution >= 4 is 17.2 Å². The first kappa shape index (κ1) is 12.1. The minimum absolute atomic E-state index is 0.0885. The third kappa shape index (κ3) is 2.74. The number of hydrogen-bond donors (Lipinski definition) is 0. The maximum Gasteiger partial charge on any atom is 0.254 e. The summed E-state index contributed by atoms with van der Waals surface area (Å²) in [4.78, 5) is 15.6. The summed E-state index contributed by atoms with van der Waals surface area (Å²) in [5, 5.41) is 2.05. The van der Waals surface area contributed by atoms with Gasteiger partial charge in [0.1, 0.15) is 0 Å². The van der Waals surface area contributed by atoms with E-state index in [1.165, 1.54) is 4.88 Å². The van der Waals surface area contributed by atoms with Gasteiger partial charge in [0.2, 0.25) is 0 Å². The monoisotopic (exact) mass is 267 g/mol. The molecule has 0 spiro atoms. The molecule has 18 heavy (non-hydrogen) atoms. The van der Waals surface area contributed by atoms with Crippen LogP contribution in [0.4, 0.5) is 0 Å². The number of carbonyl (C=O) groups is 1. The first-order chi connectivity index (χ1) is 8.84. The van der Waals surface area contributed by atoms with Gasteiger partial charge in [-0.1, -0.05) is 6.07 Å². The van der Waals surface area contributed by atoms with Gasteiger partial charge < -0.3 is 14.4 Å². The van der Waals surface area contributed by atoms with Crippen molar-refractivity contribution in [3.8, 4) is 0 Å². The predicted octanol–water partition coefficient (Wildman–Crippen LogP) is 1.65. The van der Waals surface area contributed by atoms with Gasteiger partial charge in [0, 0.05) is 10.9 Å². The molecule has 0 radical (unpaired) electrons. The molecule has 1 atom stereocenters. The summed E-state index contributed by atoms with van der Waals surface area (Å²) in [6, 6.07) is 4.51. The van der Waals surface area contributed by atoms with E-state index in [0.717, 1.165) is 12.8 Å². The Balaban J connectivity index is 1.66. The molecule has 2 aliphatic rings. The summed E-state index contributed by atoms with van der Waals surface area (Å²) in [5.74, 6) is 0.0885. The Morgan fingerprint density at radius 1 is 1.44 bits per heavy atom. The largest absolute Gasteiger partial charge is 0.376 e. The Bertz CT molecular complexity index is 396. The van der Waals surface area contributed by atoms with Crippen LogP contribution in [0.1, 0.15) is 17.7 Å². The quantitative estimate of drug-likeness (QED) is 0.832. The van der Waals surface area contributed by atoms with Crippen LogP contribution in [0.5, 0.6) is 0 Å².